The van der Waals surface area contributed by atoms with Gasteiger partial charge in [-0.1, -0.05) is 0 Å². The number of hydrogen-bond acceptors (Lipinski definition) is 7. The molecule has 0 atom stereocenters. The molecule has 0 spiro atoms. The Labute approximate surface area is 114 Å². The maximum absolute atomic E-state index is 11.1. The second-order valence-electron chi connectivity index (χ2n) is 3.69. The predicted octanol–water partition coefficient (Wildman–Crippen LogP) is 1.44. The van der Waals surface area contributed by atoms with Gasteiger partial charge < -0.3 is 10.1 Å². The maximum Gasteiger partial charge on any atom is 0.306 e. The number of rotatable bonds is 6. The van der Waals surface area contributed by atoms with Crippen molar-refractivity contribution in [1.82, 2.24) is 20.2 Å². The fourth-order valence-electron chi connectivity index (χ4n) is 1.49. The van der Waals surface area contributed by atoms with E-state index >= 15 is 0 Å². The lowest BCUT2D eigenvalue weighted by Crippen LogP contribution is -2.04. The number of aromatic nitrogens is 4. The molecular formula is C11H15N5O2S. The first-order valence-electron chi connectivity index (χ1n) is 5.89. The number of thioether (sulfide) groups is 1. The number of esters is 1. The Kier molecular flexibility index (Phi) is 4.56. The predicted molar refractivity (Wildman–Crippen MR) is 73.2 cm³/mol. The smallest absolute Gasteiger partial charge is 0.306 e. The summed E-state index contributed by atoms with van der Waals surface area (Å²) in [5, 5.41) is 11.5. The molecule has 0 aliphatic carbocycles. The lowest BCUT2D eigenvalue weighted by atomic mass is 10.4. The number of nitrogens with zero attached hydrogens (tertiary/aromatic N) is 3. The molecule has 0 saturated heterocycles. The number of fused-ring (bicyclic) bond motifs is 1. The third-order valence-corrected chi connectivity index (χ3v) is 3.38. The van der Waals surface area contributed by atoms with Gasteiger partial charge in [-0.05, 0) is 6.92 Å². The summed E-state index contributed by atoms with van der Waals surface area (Å²) in [5.74, 6) is 0.937. The number of H-pyrrole nitrogens is 1. The SMILES string of the molecule is CCNc1nc(SCCC(=O)OC)c2cn[nH]c2n1. The zero-order valence-corrected chi connectivity index (χ0v) is 11.6. The van der Waals surface area contributed by atoms with Crippen LogP contribution in [-0.4, -0.2) is 45.5 Å². The number of hydrogen-bond donors (Lipinski definition) is 2. The van der Waals surface area contributed by atoms with Crippen molar-refractivity contribution in [3.63, 3.8) is 0 Å². The second-order valence-corrected chi connectivity index (χ2v) is 4.77. The van der Waals surface area contributed by atoms with Crippen LogP contribution in [0.2, 0.25) is 0 Å². The molecule has 0 aromatic carbocycles. The molecule has 2 aromatic heterocycles. The van der Waals surface area contributed by atoms with Gasteiger partial charge in [0.05, 0.1) is 25.1 Å². The Morgan fingerprint density at radius 3 is 3.11 bits per heavy atom. The van der Waals surface area contributed by atoms with Crippen LogP contribution in [0.15, 0.2) is 11.2 Å². The van der Waals surface area contributed by atoms with Crippen LogP contribution in [0.5, 0.6) is 0 Å². The molecule has 0 unspecified atom stereocenters. The Morgan fingerprint density at radius 2 is 2.37 bits per heavy atom. The normalized spacial score (nSPS) is 10.6. The summed E-state index contributed by atoms with van der Waals surface area (Å²) in [6.45, 7) is 2.72. The highest BCUT2D eigenvalue weighted by Gasteiger charge is 2.10. The quantitative estimate of drug-likeness (QED) is 0.470. The number of aromatic amines is 1. The van der Waals surface area contributed by atoms with Crippen LogP contribution in [0.25, 0.3) is 11.0 Å². The third kappa shape index (κ3) is 3.34. The van der Waals surface area contributed by atoms with E-state index in [-0.39, 0.29) is 5.97 Å². The van der Waals surface area contributed by atoms with Crippen molar-refractivity contribution >= 4 is 34.7 Å². The van der Waals surface area contributed by atoms with Gasteiger partial charge in [0.2, 0.25) is 5.95 Å². The van der Waals surface area contributed by atoms with E-state index in [1.807, 2.05) is 6.92 Å². The van der Waals surface area contributed by atoms with E-state index in [9.17, 15) is 4.79 Å². The largest absolute Gasteiger partial charge is 0.469 e. The molecular weight excluding hydrogens is 266 g/mol. The molecule has 0 fully saturated rings. The summed E-state index contributed by atoms with van der Waals surface area (Å²) in [6.07, 6.45) is 2.03. The molecule has 0 saturated carbocycles. The highest BCUT2D eigenvalue weighted by atomic mass is 32.2. The Hall–Kier alpha value is -1.83. The highest BCUT2D eigenvalue weighted by Crippen LogP contribution is 2.25. The van der Waals surface area contributed by atoms with E-state index in [4.69, 9.17) is 0 Å². The number of carbonyl (C=O) groups is 1. The van der Waals surface area contributed by atoms with Crippen LogP contribution in [-0.2, 0) is 9.53 Å². The van der Waals surface area contributed by atoms with Crippen molar-refractivity contribution < 1.29 is 9.53 Å². The zero-order valence-electron chi connectivity index (χ0n) is 10.8. The first-order chi connectivity index (χ1) is 9.24. The van der Waals surface area contributed by atoms with Crippen molar-refractivity contribution in [1.29, 1.82) is 0 Å². The van der Waals surface area contributed by atoms with E-state index in [1.54, 1.807) is 6.20 Å². The van der Waals surface area contributed by atoms with Crippen LogP contribution in [0.3, 0.4) is 0 Å². The molecule has 2 rings (SSSR count). The summed E-state index contributed by atoms with van der Waals surface area (Å²) in [6, 6.07) is 0. The van der Waals surface area contributed by atoms with Crippen LogP contribution >= 0.6 is 11.8 Å². The molecule has 2 N–H and O–H groups in total. The van der Waals surface area contributed by atoms with Crippen molar-refractivity contribution in [2.24, 2.45) is 0 Å². The van der Waals surface area contributed by atoms with Gasteiger partial charge in [0.1, 0.15) is 5.03 Å². The summed E-state index contributed by atoms with van der Waals surface area (Å²) >= 11 is 1.49. The van der Waals surface area contributed by atoms with Gasteiger partial charge in [-0.3, -0.25) is 9.89 Å². The molecule has 19 heavy (non-hydrogen) atoms. The number of carbonyl (C=O) groups excluding carboxylic acids is 1. The number of methoxy groups -OCH3 is 1. The van der Waals surface area contributed by atoms with E-state index < -0.39 is 0 Å². The van der Waals surface area contributed by atoms with Crippen molar-refractivity contribution in [2.45, 2.75) is 18.4 Å². The van der Waals surface area contributed by atoms with Crippen LogP contribution in [0.4, 0.5) is 5.95 Å². The number of nitrogens with one attached hydrogen (secondary N) is 2. The van der Waals surface area contributed by atoms with Gasteiger partial charge in [-0.25, -0.2) is 4.98 Å². The van der Waals surface area contributed by atoms with E-state index in [1.165, 1.54) is 18.9 Å². The monoisotopic (exact) mass is 281 g/mol. The topological polar surface area (TPSA) is 92.8 Å². The number of anilines is 1. The average molecular weight is 281 g/mol. The third-order valence-electron chi connectivity index (χ3n) is 2.38. The minimum atomic E-state index is -0.225. The highest BCUT2D eigenvalue weighted by molar-refractivity contribution is 7.99. The van der Waals surface area contributed by atoms with E-state index in [0.29, 0.717) is 23.8 Å². The van der Waals surface area contributed by atoms with Crippen LogP contribution in [0, 0.1) is 0 Å². The molecule has 2 heterocycles. The summed E-state index contributed by atoms with van der Waals surface area (Å²) in [7, 11) is 1.38. The summed E-state index contributed by atoms with van der Waals surface area (Å²) in [4.78, 5) is 19.8. The van der Waals surface area contributed by atoms with Crippen LogP contribution < -0.4 is 5.32 Å². The molecule has 0 radical (unpaired) electrons. The van der Waals surface area contributed by atoms with Gasteiger partial charge in [0, 0.05) is 12.3 Å². The lowest BCUT2D eigenvalue weighted by Gasteiger charge is -2.05. The fourth-order valence-corrected chi connectivity index (χ4v) is 2.41. The van der Waals surface area contributed by atoms with Crippen molar-refractivity contribution in [3.05, 3.63) is 6.20 Å². The summed E-state index contributed by atoms with van der Waals surface area (Å²) in [5.41, 5.74) is 0.687. The molecule has 2 aromatic rings. The maximum atomic E-state index is 11.1. The average Bonchev–Trinajstić information content (AvgIpc) is 2.87. The van der Waals surface area contributed by atoms with Gasteiger partial charge in [-0.15, -0.1) is 11.8 Å². The lowest BCUT2D eigenvalue weighted by molar-refractivity contribution is -0.140. The van der Waals surface area contributed by atoms with Crippen molar-refractivity contribution in [3.8, 4) is 0 Å². The Morgan fingerprint density at radius 1 is 1.53 bits per heavy atom. The molecule has 0 amide bonds. The molecule has 7 nitrogen and oxygen atoms in total. The Balaban J connectivity index is 2.15. The molecule has 102 valence electrons. The van der Waals surface area contributed by atoms with Gasteiger partial charge >= 0.3 is 5.97 Å². The second kappa shape index (κ2) is 6.37. The van der Waals surface area contributed by atoms with E-state index in [0.717, 1.165) is 17.0 Å². The number of ether oxygens (including phenoxy) is 1. The van der Waals surface area contributed by atoms with Gasteiger partial charge in [0.15, 0.2) is 5.65 Å². The molecule has 0 bridgehead atoms. The summed E-state index contributed by atoms with van der Waals surface area (Å²) < 4.78 is 4.61. The molecule has 0 aliphatic heterocycles. The first-order valence-corrected chi connectivity index (χ1v) is 6.87. The fraction of sp³-hybridized carbons (Fsp3) is 0.455. The minimum absolute atomic E-state index is 0.225. The minimum Gasteiger partial charge on any atom is -0.469 e. The zero-order chi connectivity index (χ0) is 13.7. The molecule has 0 aliphatic rings. The van der Waals surface area contributed by atoms with Gasteiger partial charge in [-0.2, -0.15) is 10.1 Å². The van der Waals surface area contributed by atoms with Gasteiger partial charge in [0.25, 0.3) is 0 Å². The van der Waals surface area contributed by atoms with E-state index in [2.05, 4.69) is 30.2 Å². The first kappa shape index (κ1) is 13.6. The van der Waals surface area contributed by atoms with Crippen molar-refractivity contribution in [2.75, 3.05) is 24.7 Å². The molecule has 8 heteroatoms. The standard InChI is InChI=1S/C11H15N5O2S/c1-3-12-11-14-9-7(6-13-16-9)10(15-11)19-5-4-8(17)18-2/h6H,3-5H2,1-2H3,(H2,12,13,14,15,16). The Bertz CT molecular complexity index is 571. The van der Waals surface area contributed by atoms with Crippen LogP contribution in [0.1, 0.15) is 13.3 Å².